The maximum Gasteiger partial charge on any atom is 0.317 e. The highest BCUT2D eigenvalue weighted by Gasteiger charge is 2.44. The van der Waals surface area contributed by atoms with E-state index in [2.05, 4.69) is 5.32 Å². The molecular formula is C19H28N2O2S. The van der Waals surface area contributed by atoms with Crippen LogP contribution in [0.4, 0.5) is 4.79 Å². The number of hydrogen-bond donors (Lipinski definition) is 1. The molecule has 2 amide bonds. The number of carbonyl (C=O) groups is 1. The van der Waals surface area contributed by atoms with Crippen LogP contribution in [0.1, 0.15) is 44.1 Å². The molecule has 2 saturated carbocycles. The Morgan fingerprint density at radius 1 is 1.21 bits per heavy atom. The van der Waals surface area contributed by atoms with E-state index in [1.807, 2.05) is 31.3 Å². The normalized spacial score (nSPS) is 25.1. The van der Waals surface area contributed by atoms with E-state index < -0.39 is 10.8 Å². The van der Waals surface area contributed by atoms with Crippen LogP contribution in [0.3, 0.4) is 0 Å². The van der Waals surface area contributed by atoms with Crippen molar-refractivity contribution in [2.45, 2.75) is 56.0 Å². The minimum absolute atomic E-state index is 0.0152. The van der Waals surface area contributed by atoms with E-state index >= 15 is 0 Å². The number of nitrogens with zero attached hydrogens (tertiary/aromatic N) is 1. The van der Waals surface area contributed by atoms with Crippen molar-refractivity contribution in [3.63, 3.8) is 0 Å². The molecule has 5 heteroatoms. The van der Waals surface area contributed by atoms with Crippen LogP contribution in [0.5, 0.6) is 0 Å². The standard InChI is InChI=1S/C19H28N2O2S/c1-21(13-14-8-10-16(11-9-14)24(2)23)19(22)20-18-12-17(18)15-6-4-3-5-7-15/h8-11,15,17-18H,3-7,12-13H2,1-2H3,(H,20,22)/t17-,18-,24-/m0/s1. The summed E-state index contributed by atoms with van der Waals surface area (Å²) in [6.45, 7) is 0.573. The van der Waals surface area contributed by atoms with E-state index in [0.717, 1.165) is 22.8 Å². The lowest BCUT2D eigenvalue weighted by molar-refractivity contribution is 0.204. The van der Waals surface area contributed by atoms with E-state index in [1.54, 1.807) is 11.2 Å². The first-order valence-corrected chi connectivity index (χ1v) is 10.5. The fraction of sp³-hybridized carbons (Fsp3) is 0.632. The van der Waals surface area contributed by atoms with Gasteiger partial charge in [-0.05, 0) is 36.0 Å². The topological polar surface area (TPSA) is 49.4 Å². The Kier molecular flexibility index (Phi) is 5.59. The molecule has 3 atom stereocenters. The van der Waals surface area contributed by atoms with Crippen molar-refractivity contribution in [2.75, 3.05) is 13.3 Å². The van der Waals surface area contributed by atoms with Gasteiger partial charge in [0, 0.05) is 41.6 Å². The van der Waals surface area contributed by atoms with Crippen LogP contribution < -0.4 is 5.32 Å². The molecule has 1 aromatic rings. The molecule has 1 N–H and O–H groups in total. The average Bonchev–Trinajstić information content (AvgIpc) is 3.35. The molecule has 0 unspecified atom stereocenters. The highest BCUT2D eigenvalue weighted by atomic mass is 32.2. The van der Waals surface area contributed by atoms with Crippen molar-refractivity contribution in [1.29, 1.82) is 0 Å². The van der Waals surface area contributed by atoms with Gasteiger partial charge in [0.25, 0.3) is 0 Å². The molecule has 0 radical (unpaired) electrons. The molecule has 0 saturated heterocycles. The highest BCUT2D eigenvalue weighted by Crippen LogP contribution is 2.44. The number of rotatable bonds is 5. The van der Waals surface area contributed by atoms with E-state index in [1.165, 1.54) is 32.1 Å². The number of carbonyl (C=O) groups excluding carboxylic acids is 1. The summed E-state index contributed by atoms with van der Waals surface area (Å²) in [4.78, 5) is 14.9. The fourth-order valence-electron chi connectivity index (χ4n) is 3.86. The Morgan fingerprint density at radius 3 is 2.50 bits per heavy atom. The first kappa shape index (κ1) is 17.5. The average molecular weight is 349 g/mol. The first-order valence-electron chi connectivity index (χ1n) is 8.98. The van der Waals surface area contributed by atoms with Gasteiger partial charge in [-0.1, -0.05) is 44.2 Å². The van der Waals surface area contributed by atoms with E-state index in [0.29, 0.717) is 18.5 Å². The second-order valence-electron chi connectivity index (χ2n) is 7.31. The summed E-state index contributed by atoms with van der Waals surface area (Å²) in [5.74, 6) is 1.54. The zero-order chi connectivity index (χ0) is 17.1. The monoisotopic (exact) mass is 348 g/mol. The summed E-state index contributed by atoms with van der Waals surface area (Å²) in [6, 6.07) is 8.04. The Labute approximate surface area is 147 Å². The molecular weight excluding hydrogens is 320 g/mol. The molecule has 2 aliphatic rings. The lowest BCUT2D eigenvalue weighted by Crippen LogP contribution is -2.39. The second kappa shape index (κ2) is 7.68. The third-order valence-corrected chi connectivity index (χ3v) is 6.36. The smallest absolute Gasteiger partial charge is 0.317 e. The van der Waals surface area contributed by atoms with Gasteiger partial charge in [0.2, 0.25) is 0 Å². The van der Waals surface area contributed by atoms with Crippen LogP contribution in [-0.2, 0) is 17.3 Å². The third kappa shape index (κ3) is 4.38. The number of nitrogens with one attached hydrogen (secondary N) is 1. The molecule has 0 aromatic heterocycles. The van der Waals surface area contributed by atoms with Crippen molar-refractivity contribution in [3.05, 3.63) is 29.8 Å². The van der Waals surface area contributed by atoms with E-state index in [4.69, 9.17) is 0 Å². The lowest BCUT2D eigenvalue weighted by atomic mass is 9.85. The van der Waals surface area contributed by atoms with Gasteiger partial charge in [-0.15, -0.1) is 0 Å². The van der Waals surface area contributed by atoms with Crippen molar-refractivity contribution >= 4 is 16.8 Å². The summed E-state index contributed by atoms with van der Waals surface area (Å²) in [5.41, 5.74) is 1.06. The van der Waals surface area contributed by atoms with Gasteiger partial charge in [0.05, 0.1) is 0 Å². The highest BCUT2D eigenvalue weighted by molar-refractivity contribution is 7.84. The maximum atomic E-state index is 12.4. The predicted molar refractivity (Wildman–Crippen MR) is 97.2 cm³/mol. The van der Waals surface area contributed by atoms with Crippen molar-refractivity contribution in [1.82, 2.24) is 10.2 Å². The summed E-state index contributed by atoms with van der Waals surface area (Å²) in [6.07, 6.45) is 9.62. The van der Waals surface area contributed by atoms with Crippen LogP contribution in [0.15, 0.2) is 29.2 Å². The van der Waals surface area contributed by atoms with Crippen LogP contribution in [-0.4, -0.2) is 34.5 Å². The zero-order valence-electron chi connectivity index (χ0n) is 14.7. The first-order chi connectivity index (χ1) is 11.5. The maximum absolute atomic E-state index is 12.4. The third-order valence-electron chi connectivity index (χ3n) is 5.43. The van der Waals surface area contributed by atoms with Crippen LogP contribution in [0.25, 0.3) is 0 Å². The van der Waals surface area contributed by atoms with E-state index in [9.17, 15) is 9.00 Å². The Morgan fingerprint density at radius 2 is 1.88 bits per heavy atom. The van der Waals surface area contributed by atoms with Gasteiger partial charge in [0.15, 0.2) is 0 Å². The SMILES string of the molecule is CN(Cc1ccc([S@](C)=O)cc1)C(=O)N[C@H]1C[C@H]1C1CCCCC1. The number of benzene rings is 1. The van der Waals surface area contributed by atoms with Gasteiger partial charge < -0.3 is 10.2 Å². The number of amides is 2. The van der Waals surface area contributed by atoms with Crippen LogP contribution in [0, 0.1) is 11.8 Å². The molecule has 24 heavy (non-hydrogen) atoms. The van der Waals surface area contributed by atoms with Crippen molar-refractivity contribution < 1.29 is 9.00 Å². The van der Waals surface area contributed by atoms with E-state index in [-0.39, 0.29) is 6.03 Å². The number of urea groups is 1. The van der Waals surface area contributed by atoms with Gasteiger partial charge in [-0.3, -0.25) is 4.21 Å². The Bertz CT molecular complexity index is 596. The van der Waals surface area contributed by atoms with Crippen LogP contribution >= 0.6 is 0 Å². The summed E-state index contributed by atoms with van der Waals surface area (Å²) in [7, 11) is 0.875. The van der Waals surface area contributed by atoms with Gasteiger partial charge in [-0.2, -0.15) is 0 Å². The molecule has 2 fully saturated rings. The molecule has 3 rings (SSSR count). The quantitative estimate of drug-likeness (QED) is 0.885. The van der Waals surface area contributed by atoms with Gasteiger partial charge in [0.1, 0.15) is 0 Å². The fourth-order valence-corrected chi connectivity index (χ4v) is 4.38. The largest absolute Gasteiger partial charge is 0.335 e. The molecule has 0 heterocycles. The predicted octanol–water partition coefficient (Wildman–Crippen LogP) is 3.53. The molecule has 0 aliphatic heterocycles. The minimum Gasteiger partial charge on any atom is -0.335 e. The molecule has 0 bridgehead atoms. The van der Waals surface area contributed by atoms with Crippen molar-refractivity contribution in [3.8, 4) is 0 Å². The molecule has 2 aliphatic carbocycles. The molecule has 0 spiro atoms. The van der Waals surface area contributed by atoms with Gasteiger partial charge >= 0.3 is 6.03 Å². The Balaban J connectivity index is 1.46. The summed E-state index contributed by atoms with van der Waals surface area (Å²) in [5, 5.41) is 3.19. The van der Waals surface area contributed by atoms with Gasteiger partial charge in [-0.25, -0.2) is 4.79 Å². The minimum atomic E-state index is -0.958. The molecule has 1 aromatic carbocycles. The lowest BCUT2D eigenvalue weighted by Gasteiger charge is -2.22. The summed E-state index contributed by atoms with van der Waals surface area (Å²) < 4.78 is 11.4. The summed E-state index contributed by atoms with van der Waals surface area (Å²) >= 11 is 0. The Hall–Kier alpha value is -1.36. The molecule has 132 valence electrons. The zero-order valence-corrected chi connectivity index (χ0v) is 15.5. The van der Waals surface area contributed by atoms with Crippen molar-refractivity contribution in [2.24, 2.45) is 11.8 Å². The van der Waals surface area contributed by atoms with Crippen LogP contribution in [0.2, 0.25) is 0 Å². The number of hydrogen-bond acceptors (Lipinski definition) is 2. The second-order valence-corrected chi connectivity index (χ2v) is 8.69. The molecule has 4 nitrogen and oxygen atoms in total.